The maximum Gasteiger partial charge on any atom is 0.143 e. The first kappa shape index (κ1) is 35.7. The fraction of sp³-hybridized carbons (Fsp3) is 0. The largest absolute Gasteiger partial charge is 0.455 e. The molecular weight excluding hydrogens is 751 g/mol. The van der Waals surface area contributed by atoms with Crippen molar-refractivity contribution >= 4 is 71.3 Å². The fourth-order valence-electron chi connectivity index (χ4n) is 9.34. The number of fused-ring (bicyclic) bond motifs is 8. The lowest BCUT2D eigenvalue weighted by Crippen LogP contribution is -2.10. The van der Waals surface area contributed by atoms with Crippen LogP contribution in [0.15, 0.2) is 241 Å². The van der Waals surface area contributed by atoms with Crippen molar-refractivity contribution in [3.63, 3.8) is 0 Å². The number of rotatable bonds is 7. The highest BCUT2D eigenvalue weighted by Gasteiger charge is 2.18. The molecule has 0 aliphatic heterocycles. The molecule has 12 aromatic rings. The summed E-state index contributed by atoms with van der Waals surface area (Å²) in [5.74, 6) is 0. The van der Waals surface area contributed by atoms with Crippen LogP contribution >= 0.6 is 0 Å². The van der Waals surface area contributed by atoms with Crippen LogP contribution in [0.1, 0.15) is 0 Å². The molecule has 1 aromatic heterocycles. The summed E-state index contributed by atoms with van der Waals surface area (Å²) in [6.45, 7) is 0. The third-order valence-corrected chi connectivity index (χ3v) is 12.5. The van der Waals surface area contributed by atoms with Gasteiger partial charge in [0.05, 0.1) is 0 Å². The molecule has 0 atom stereocenters. The van der Waals surface area contributed by atoms with Crippen molar-refractivity contribution in [2.75, 3.05) is 4.90 Å². The highest BCUT2D eigenvalue weighted by Crippen LogP contribution is 2.43. The maximum absolute atomic E-state index is 6.60. The van der Waals surface area contributed by atoms with E-state index in [1.54, 1.807) is 0 Å². The molecule has 0 saturated heterocycles. The molecule has 0 aliphatic rings. The Morgan fingerprint density at radius 1 is 0.274 bits per heavy atom. The first-order valence-corrected chi connectivity index (χ1v) is 21.2. The summed E-state index contributed by atoms with van der Waals surface area (Å²) in [4.78, 5) is 2.36. The third-order valence-electron chi connectivity index (χ3n) is 12.5. The van der Waals surface area contributed by atoms with Gasteiger partial charge in [-0.25, -0.2) is 0 Å². The van der Waals surface area contributed by atoms with E-state index in [4.69, 9.17) is 4.42 Å². The normalized spacial score (nSPS) is 11.5. The van der Waals surface area contributed by atoms with E-state index in [0.717, 1.165) is 55.5 Å². The molecule has 0 unspecified atom stereocenters. The zero-order chi connectivity index (χ0) is 41.0. The molecule has 2 nitrogen and oxygen atoms in total. The van der Waals surface area contributed by atoms with Crippen LogP contribution in [0.3, 0.4) is 0 Å². The summed E-state index contributed by atoms with van der Waals surface area (Å²) in [7, 11) is 0. The number of hydrogen-bond acceptors (Lipinski definition) is 2. The molecule has 0 radical (unpaired) electrons. The van der Waals surface area contributed by atoms with Gasteiger partial charge in [-0.05, 0) is 126 Å². The van der Waals surface area contributed by atoms with E-state index in [1.165, 1.54) is 60.3 Å². The molecule has 0 N–H and O–H groups in total. The van der Waals surface area contributed by atoms with Gasteiger partial charge in [-0.1, -0.05) is 182 Å². The number of anilines is 3. The van der Waals surface area contributed by atoms with Gasteiger partial charge in [-0.2, -0.15) is 0 Å². The Morgan fingerprint density at radius 2 is 0.774 bits per heavy atom. The maximum atomic E-state index is 6.60. The Labute approximate surface area is 360 Å². The molecule has 12 rings (SSSR count). The molecule has 1 heterocycles. The van der Waals surface area contributed by atoms with Crippen LogP contribution in [0.5, 0.6) is 0 Å². The van der Waals surface area contributed by atoms with Gasteiger partial charge >= 0.3 is 0 Å². The monoisotopic (exact) mass is 789 g/mol. The van der Waals surface area contributed by atoms with Gasteiger partial charge in [0.2, 0.25) is 0 Å². The number of hydrogen-bond donors (Lipinski definition) is 0. The molecule has 0 spiro atoms. The molecule has 2 heteroatoms. The van der Waals surface area contributed by atoms with Gasteiger partial charge in [-0.15, -0.1) is 0 Å². The van der Waals surface area contributed by atoms with Crippen molar-refractivity contribution in [1.82, 2.24) is 0 Å². The SMILES string of the molecule is c1ccc(-c2ccc(-c3ccc(N(c4ccc(-c5ccc6c(ccc7ccccc76)c5)cc4)c4cccc(-c5cccc6oc7c8ccccc8ccc7c56)c4)cc3)cc2)cc1. The molecule has 0 aliphatic carbocycles. The molecule has 0 fully saturated rings. The average Bonchev–Trinajstić information content (AvgIpc) is 3.75. The van der Waals surface area contributed by atoms with E-state index in [-0.39, 0.29) is 0 Å². The van der Waals surface area contributed by atoms with E-state index >= 15 is 0 Å². The fourth-order valence-corrected chi connectivity index (χ4v) is 9.34. The Hall–Kier alpha value is -8.20. The van der Waals surface area contributed by atoms with E-state index in [0.29, 0.717) is 0 Å². The van der Waals surface area contributed by atoms with E-state index in [9.17, 15) is 0 Å². The molecule has 0 saturated carbocycles. The van der Waals surface area contributed by atoms with Crippen LogP contribution in [-0.4, -0.2) is 0 Å². The Morgan fingerprint density at radius 3 is 1.50 bits per heavy atom. The minimum atomic E-state index is 0.890. The molecular formula is C60H39NO. The predicted octanol–water partition coefficient (Wildman–Crippen LogP) is 17.2. The average molecular weight is 790 g/mol. The van der Waals surface area contributed by atoms with Gasteiger partial charge in [0.1, 0.15) is 11.2 Å². The van der Waals surface area contributed by atoms with Gasteiger partial charge < -0.3 is 9.32 Å². The van der Waals surface area contributed by atoms with Crippen molar-refractivity contribution in [3.05, 3.63) is 237 Å². The molecule has 11 aromatic carbocycles. The highest BCUT2D eigenvalue weighted by molar-refractivity contribution is 6.19. The lowest BCUT2D eigenvalue weighted by molar-refractivity contribution is 0.673. The summed E-state index contributed by atoms with van der Waals surface area (Å²) in [5.41, 5.74) is 14.5. The molecule has 0 amide bonds. The van der Waals surface area contributed by atoms with E-state index in [2.05, 4.69) is 241 Å². The summed E-state index contributed by atoms with van der Waals surface area (Å²) < 4.78 is 6.60. The van der Waals surface area contributed by atoms with Crippen molar-refractivity contribution in [2.24, 2.45) is 0 Å². The van der Waals surface area contributed by atoms with E-state index < -0.39 is 0 Å². The molecule has 290 valence electrons. The minimum absolute atomic E-state index is 0.890. The standard InChI is InChI=1S/C60H39NO/c1-2-10-40(11-3-1)41-20-22-42(23-21-41)43-26-32-50(33-27-43)61(51-34-28-44(29-35-51)47-31-36-54-49(38-47)25-24-45-12-4-6-16-53(45)54)52-15-8-14-48(39-52)55-18-9-19-58-59(55)57-37-30-46-13-5-7-17-56(46)60(57)62-58/h1-39H. The smallest absolute Gasteiger partial charge is 0.143 e. The molecule has 0 bridgehead atoms. The first-order valence-electron chi connectivity index (χ1n) is 21.2. The lowest BCUT2D eigenvalue weighted by Gasteiger charge is -2.26. The Balaban J connectivity index is 0.947. The molecule has 62 heavy (non-hydrogen) atoms. The van der Waals surface area contributed by atoms with Crippen LogP contribution < -0.4 is 4.90 Å². The summed E-state index contributed by atoms with van der Waals surface area (Å²) >= 11 is 0. The zero-order valence-corrected chi connectivity index (χ0v) is 33.9. The van der Waals surface area contributed by atoms with Crippen molar-refractivity contribution in [1.29, 1.82) is 0 Å². The second-order valence-electron chi connectivity index (χ2n) is 16.1. The first-order chi connectivity index (χ1) is 30.7. The highest BCUT2D eigenvalue weighted by atomic mass is 16.3. The van der Waals surface area contributed by atoms with E-state index in [1.807, 2.05) is 0 Å². The third kappa shape index (κ3) is 6.20. The van der Waals surface area contributed by atoms with Crippen molar-refractivity contribution in [2.45, 2.75) is 0 Å². The van der Waals surface area contributed by atoms with Gasteiger partial charge in [0.25, 0.3) is 0 Å². The number of furan rings is 1. The lowest BCUT2D eigenvalue weighted by atomic mass is 9.97. The predicted molar refractivity (Wildman–Crippen MR) is 263 cm³/mol. The Bertz CT molecular complexity index is 3600. The summed E-state index contributed by atoms with van der Waals surface area (Å²) in [6, 6.07) is 85.4. The van der Waals surface area contributed by atoms with Gasteiger partial charge in [-0.3, -0.25) is 0 Å². The van der Waals surface area contributed by atoms with Crippen LogP contribution in [0.4, 0.5) is 17.1 Å². The summed E-state index contributed by atoms with van der Waals surface area (Å²) in [6.07, 6.45) is 0. The topological polar surface area (TPSA) is 16.4 Å². The van der Waals surface area contributed by atoms with Crippen LogP contribution in [0.25, 0.3) is 98.8 Å². The number of nitrogens with zero attached hydrogens (tertiary/aromatic N) is 1. The Kier molecular flexibility index (Phi) is 8.53. The van der Waals surface area contributed by atoms with Crippen LogP contribution in [-0.2, 0) is 0 Å². The second-order valence-corrected chi connectivity index (χ2v) is 16.1. The summed E-state index contributed by atoms with van der Waals surface area (Å²) in [5, 5.41) is 9.62. The second kappa shape index (κ2) is 14.8. The van der Waals surface area contributed by atoms with Crippen molar-refractivity contribution < 1.29 is 4.42 Å². The van der Waals surface area contributed by atoms with Gasteiger partial charge in [0, 0.05) is 33.2 Å². The van der Waals surface area contributed by atoms with Crippen LogP contribution in [0, 0.1) is 0 Å². The minimum Gasteiger partial charge on any atom is -0.455 e. The van der Waals surface area contributed by atoms with Crippen LogP contribution in [0.2, 0.25) is 0 Å². The number of benzene rings is 11. The zero-order valence-electron chi connectivity index (χ0n) is 33.9. The quantitative estimate of drug-likeness (QED) is 0.150. The van der Waals surface area contributed by atoms with Gasteiger partial charge in [0.15, 0.2) is 0 Å². The van der Waals surface area contributed by atoms with Crippen molar-refractivity contribution in [3.8, 4) is 44.5 Å².